The Morgan fingerprint density at radius 2 is 2.09 bits per heavy atom. The minimum Gasteiger partial charge on any atom is -0.423 e. The van der Waals surface area contributed by atoms with E-state index < -0.39 is 6.03 Å². The number of nitrogens with two attached hydrogens (primary N) is 1. The number of anilines is 2. The van der Waals surface area contributed by atoms with Gasteiger partial charge in [0.2, 0.25) is 0 Å². The Labute approximate surface area is 135 Å². The minimum absolute atomic E-state index is 0.127. The third-order valence-electron chi connectivity index (χ3n) is 3.75. The molecule has 1 aromatic rings. The highest BCUT2D eigenvalue weighted by molar-refractivity contribution is 5.88. The molecule has 2 amide bonds. The zero-order chi connectivity index (χ0) is 16.7. The zero-order valence-electron chi connectivity index (χ0n) is 13.2. The van der Waals surface area contributed by atoms with E-state index in [1.807, 2.05) is 0 Å². The molecule has 6 N–H and O–H groups in total. The summed E-state index contributed by atoms with van der Waals surface area (Å²) in [6, 6.07) is 1.16. The van der Waals surface area contributed by atoms with E-state index in [0.29, 0.717) is 23.6 Å². The Morgan fingerprint density at radius 1 is 1.35 bits per heavy atom. The fourth-order valence-electron chi connectivity index (χ4n) is 2.49. The molecule has 1 aliphatic heterocycles. The number of amides is 2. The lowest BCUT2D eigenvalue weighted by Gasteiger charge is -2.28. The second-order valence-corrected chi connectivity index (χ2v) is 5.56. The smallest absolute Gasteiger partial charge is 0.320 e. The summed E-state index contributed by atoms with van der Waals surface area (Å²) in [5.41, 5.74) is 5.08. The number of hydrogen-bond acceptors (Lipinski definition) is 6. The quantitative estimate of drug-likeness (QED) is 0.383. The molecule has 0 spiro atoms. The Morgan fingerprint density at radius 3 is 2.78 bits per heavy atom. The second-order valence-electron chi connectivity index (χ2n) is 5.56. The molecule has 0 unspecified atom stereocenters. The van der Waals surface area contributed by atoms with Crippen molar-refractivity contribution in [2.75, 3.05) is 36.4 Å². The normalized spacial score (nSPS) is 14.6. The molecule has 1 saturated heterocycles. The standard InChI is InChI=1S/C14H25N7O2/c15-6-2-3-7-17-14(22)19-12-10-11(18-13(16)21(12)23)20-8-4-1-5-9-20/h10,16,23H,1-9,15H2,(H2,17,19,22). The lowest BCUT2D eigenvalue weighted by molar-refractivity contribution is 0.170. The predicted molar refractivity (Wildman–Crippen MR) is 86.6 cm³/mol. The maximum atomic E-state index is 11.9. The topological polar surface area (TPSA) is 132 Å². The number of carbonyl (C=O) groups is 1. The minimum atomic E-state index is -0.431. The van der Waals surface area contributed by atoms with Gasteiger partial charge in [0, 0.05) is 25.7 Å². The molecule has 128 valence electrons. The van der Waals surface area contributed by atoms with E-state index >= 15 is 0 Å². The molecule has 0 aromatic carbocycles. The first-order valence-electron chi connectivity index (χ1n) is 7.99. The number of aromatic nitrogens is 2. The van der Waals surface area contributed by atoms with Crippen LogP contribution in [0.5, 0.6) is 0 Å². The van der Waals surface area contributed by atoms with Crippen molar-refractivity contribution in [3.63, 3.8) is 0 Å². The molecular formula is C14H25N7O2. The molecule has 9 heteroatoms. The van der Waals surface area contributed by atoms with Gasteiger partial charge in [-0.15, -0.1) is 4.73 Å². The van der Waals surface area contributed by atoms with Crippen LogP contribution in [0.4, 0.5) is 16.4 Å². The predicted octanol–water partition coefficient (Wildman–Crippen LogP) is 0.451. The number of hydrogen-bond donors (Lipinski definition) is 5. The third kappa shape index (κ3) is 4.85. The van der Waals surface area contributed by atoms with Gasteiger partial charge in [0.15, 0.2) is 5.82 Å². The van der Waals surface area contributed by atoms with Crippen LogP contribution in [-0.2, 0) is 0 Å². The molecule has 2 rings (SSSR count). The van der Waals surface area contributed by atoms with E-state index in [2.05, 4.69) is 20.5 Å². The highest BCUT2D eigenvalue weighted by Crippen LogP contribution is 2.18. The molecule has 1 fully saturated rings. The number of piperidine rings is 1. The first kappa shape index (κ1) is 17.1. The van der Waals surface area contributed by atoms with Crippen LogP contribution in [0.1, 0.15) is 32.1 Å². The van der Waals surface area contributed by atoms with Crippen molar-refractivity contribution >= 4 is 17.7 Å². The van der Waals surface area contributed by atoms with E-state index in [-0.39, 0.29) is 11.4 Å². The van der Waals surface area contributed by atoms with E-state index in [0.717, 1.165) is 38.8 Å². The molecule has 0 aliphatic carbocycles. The summed E-state index contributed by atoms with van der Waals surface area (Å²) in [4.78, 5) is 18.0. The first-order chi connectivity index (χ1) is 11.1. The van der Waals surface area contributed by atoms with Crippen molar-refractivity contribution in [2.24, 2.45) is 5.73 Å². The van der Waals surface area contributed by atoms with Gasteiger partial charge in [0.25, 0.3) is 5.62 Å². The van der Waals surface area contributed by atoms with Crippen LogP contribution in [0.3, 0.4) is 0 Å². The van der Waals surface area contributed by atoms with Crippen molar-refractivity contribution in [1.82, 2.24) is 15.0 Å². The number of nitrogens with zero attached hydrogens (tertiary/aromatic N) is 3. The lowest BCUT2D eigenvalue weighted by Crippen LogP contribution is -2.36. The molecule has 1 aromatic heterocycles. The largest absolute Gasteiger partial charge is 0.423 e. The van der Waals surface area contributed by atoms with Crippen molar-refractivity contribution in [3.8, 4) is 0 Å². The molecule has 2 heterocycles. The summed E-state index contributed by atoms with van der Waals surface area (Å²) in [5.74, 6) is 0.723. The van der Waals surface area contributed by atoms with Gasteiger partial charge in [-0.05, 0) is 38.6 Å². The van der Waals surface area contributed by atoms with Crippen LogP contribution in [-0.4, -0.2) is 47.1 Å². The number of nitrogens with one attached hydrogen (secondary N) is 3. The molecule has 0 atom stereocenters. The van der Waals surface area contributed by atoms with Crippen LogP contribution in [0.25, 0.3) is 0 Å². The average molecular weight is 323 g/mol. The van der Waals surface area contributed by atoms with Gasteiger partial charge in [-0.1, -0.05) is 0 Å². The molecule has 0 radical (unpaired) electrons. The van der Waals surface area contributed by atoms with E-state index in [9.17, 15) is 10.0 Å². The first-order valence-corrected chi connectivity index (χ1v) is 7.99. The molecule has 23 heavy (non-hydrogen) atoms. The highest BCUT2D eigenvalue weighted by atomic mass is 16.5. The maximum absolute atomic E-state index is 11.9. The molecule has 1 aliphatic rings. The zero-order valence-corrected chi connectivity index (χ0v) is 13.2. The van der Waals surface area contributed by atoms with Crippen LogP contribution < -0.4 is 26.9 Å². The Bertz CT molecular complexity index is 581. The van der Waals surface area contributed by atoms with Crippen molar-refractivity contribution < 1.29 is 10.0 Å². The lowest BCUT2D eigenvalue weighted by atomic mass is 10.1. The van der Waals surface area contributed by atoms with Crippen LogP contribution in [0.15, 0.2) is 6.07 Å². The summed E-state index contributed by atoms with van der Waals surface area (Å²) in [6.45, 7) is 2.83. The molecule has 0 saturated carbocycles. The summed E-state index contributed by atoms with van der Waals surface area (Å²) in [7, 11) is 0. The summed E-state index contributed by atoms with van der Waals surface area (Å²) >= 11 is 0. The van der Waals surface area contributed by atoms with Crippen molar-refractivity contribution in [2.45, 2.75) is 32.1 Å². The van der Waals surface area contributed by atoms with Gasteiger partial charge in [-0.3, -0.25) is 10.7 Å². The highest BCUT2D eigenvalue weighted by Gasteiger charge is 2.16. The molecule has 9 nitrogen and oxygen atoms in total. The Balaban J connectivity index is 2.03. The number of rotatable bonds is 6. The average Bonchev–Trinajstić information content (AvgIpc) is 2.56. The monoisotopic (exact) mass is 323 g/mol. The van der Waals surface area contributed by atoms with Crippen LogP contribution >= 0.6 is 0 Å². The number of urea groups is 1. The SMILES string of the molecule is N=c1nc(N2CCCCC2)cc(NC(=O)NCCCCN)n1O. The van der Waals surface area contributed by atoms with Gasteiger partial charge in [0.05, 0.1) is 0 Å². The summed E-state index contributed by atoms with van der Waals surface area (Å²) in [5, 5.41) is 22.9. The summed E-state index contributed by atoms with van der Waals surface area (Å²) < 4.78 is 0.562. The number of unbranched alkanes of at least 4 members (excludes halogenated alkanes) is 1. The van der Waals surface area contributed by atoms with Crippen molar-refractivity contribution in [1.29, 1.82) is 5.41 Å². The van der Waals surface area contributed by atoms with Gasteiger partial charge < -0.3 is 21.2 Å². The second kappa shape index (κ2) is 8.37. The van der Waals surface area contributed by atoms with E-state index in [4.69, 9.17) is 11.1 Å². The van der Waals surface area contributed by atoms with Gasteiger partial charge in [0.1, 0.15) is 5.82 Å². The summed E-state index contributed by atoms with van der Waals surface area (Å²) in [6.07, 6.45) is 4.97. The van der Waals surface area contributed by atoms with Gasteiger partial charge in [-0.2, -0.15) is 4.98 Å². The van der Waals surface area contributed by atoms with Gasteiger partial charge in [-0.25, -0.2) is 4.79 Å². The molecular weight excluding hydrogens is 298 g/mol. The molecule has 0 bridgehead atoms. The van der Waals surface area contributed by atoms with Crippen LogP contribution in [0.2, 0.25) is 0 Å². The Kier molecular flexibility index (Phi) is 6.21. The van der Waals surface area contributed by atoms with E-state index in [1.165, 1.54) is 6.42 Å². The van der Waals surface area contributed by atoms with Crippen LogP contribution in [0, 0.1) is 5.41 Å². The van der Waals surface area contributed by atoms with Gasteiger partial charge >= 0.3 is 6.03 Å². The maximum Gasteiger partial charge on any atom is 0.320 e. The fraction of sp³-hybridized carbons (Fsp3) is 0.643. The van der Waals surface area contributed by atoms with E-state index in [1.54, 1.807) is 6.07 Å². The fourth-order valence-corrected chi connectivity index (χ4v) is 2.49. The number of carbonyl (C=O) groups excluding carboxylic acids is 1. The Hall–Kier alpha value is -2.29. The third-order valence-corrected chi connectivity index (χ3v) is 3.75. The van der Waals surface area contributed by atoms with Crippen molar-refractivity contribution in [3.05, 3.63) is 11.7 Å².